The van der Waals surface area contributed by atoms with Gasteiger partial charge in [0, 0.05) is 12.1 Å². The lowest BCUT2D eigenvalue weighted by Gasteiger charge is -2.11. The SMILES string of the molecule is CC(C)n1nc(-c2cc(C#CC(C)(C)O)nn2-c2ccccc2)ccc1=O. The Morgan fingerprint density at radius 2 is 1.78 bits per heavy atom. The summed E-state index contributed by atoms with van der Waals surface area (Å²) in [5.41, 5.74) is 1.45. The van der Waals surface area contributed by atoms with Crippen molar-refractivity contribution in [3.05, 3.63) is 64.6 Å². The summed E-state index contributed by atoms with van der Waals surface area (Å²) >= 11 is 0. The molecule has 0 amide bonds. The Bertz CT molecular complexity index is 1060. The van der Waals surface area contributed by atoms with Crippen LogP contribution in [-0.4, -0.2) is 30.3 Å². The normalized spacial score (nSPS) is 11.3. The second-order valence-corrected chi connectivity index (χ2v) is 7.07. The van der Waals surface area contributed by atoms with Crippen LogP contribution in [0.4, 0.5) is 0 Å². The molecule has 0 spiro atoms. The average Bonchev–Trinajstić information content (AvgIpc) is 3.05. The van der Waals surface area contributed by atoms with Gasteiger partial charge in [0.15, 0.2) is 0 Å². The van der Waals surface area contributed by atoms with Crippen LogP contribution in [0.3, 0.4) is 0 Å². The number of nitrogens with zero attached hydrogens (tertiary/aromatic N) is 4. The van der Waals surface area contributed by atoms with E-state index in [2.05, 4.69) is 22.0 Å². The van der Waals surface area contributed by atoms with Crippen molar-refractivity contribution in [1.82, 2.24) is 19.6 Å². The van der Waals surface area contributed by atoms with Gasteiger partial charge in [-0.1, -0.05) is 24.1 Å². The van der Waals surface area contributed by atoms with Crippen LogP contribution < -0.4 is 5.56 Å². The Balaban J connectivity index is 2.19. The first-order valence-corrected chi connectivity index (χ1v) is 8.76. The predicted molar refractivity (Wildman–Crippen MR) is 105 cm³/mol. The molecule has 0 unspecified atom stereocenters. The lowest BCUT2D eigenvalue weighted by Crippen LogP contribution is -2.24. The molecule has 3 aromatic rings. The Labute approximate surface area is 158 Å². The van der Waals surface area contributed by atoms with E-state index < -0.39 is 5.60 Å². The molecular formula is C21H22N4O2. The minimum absolute atomic E-state index is 0.0556. The summed E-state index contributed by atoms with van der Waals surface area (Å²) in [4.78, 5) is 12.0. The number of para-hydroxylation sites is 1. The van der Waals surface area contributed by atoms with Crippen molar-refractivity contribution < 1.29 is 5.11 Å². The molecule has 0 aliphatic heterocycles. The smallest absolute Gasteiger partial charge is 0.267 e. The highest BCUT2D eigenvalue weighted by molar-refractivity contribution is 5.59. The van der Waals surface area contributed by atoms with Crippen molar-refractivity contribution in [3.8, 4) is 28.9 Å². The van der Waals surface area contributed by atoms with Gasteiger partial charge in [-0.2, -0.15) is 10.2 Å². The van der Waals surface area contributed by atoms with Crippen molar-refractivity contribution in [3.63, 3.8) is 0 Å². The third kappa shape index (κ3) is 4.33. The standard InChI is InChI=1S/C21H22N4O2/c1-15(2)24-20(26)11-10-18(23-24)19-14-16(12-13-21(3,4)27)22-25(19)17-8-6-5-7-9-17/h5-11,14-15,27H,1-4H3. The van der Waals surface area contributed by atoms with E-state index in [4.69, 9.17) is 0 Å². The lowest BCUT2D eigenvalue weighted by atomic mass is 10.1. The molecule has 1 aromatic carbocycles. The quantitative estimate of drug-likeness (QED) is 0.727. The highest BCUT2D eigenvalue weighted by atomic mass is 16.3. The number of aromatic nitrogens is 4. The maximum absolute atomic E-state index is 12.0. The zero-order chi connectivity index (χ0) is 19.6. The zero-order valence-corrected chi connectivity index (χ0v) is 15.8. The molecule has 1 N–H and O–H groups in total. The number of rotatable bonds is 3. The van der Waals surface area contributed by atoms with Gasteiger partial charge >= 0.3 is 0 Å². The summed E-state index contributed by atoms with van der Waals surface area (Å²) in [5.74, 6) is 5.68. The number of aliphatic hydroxyl groups is 1. The number of benzene rings is 1. The molecule has 2 heterocycles. The van der Waals surface area contributed by atoms with Crippen LogP contribution in [0.1, 0.15) is 39.4 Å². The molecule has 2 aromatic heterocycles. The summed E-state index contributed by atoms with van der Waals surface area (Å²) in [6.07, 6.45) is 0. The van der Waals surface area contributed by atoms with Gasteiger partial charge in [-0.25, -0.2) is 9.36 Å². The van der Waals surface area contributed by atoms with Crippen LogP contribution in [0.2, 0.25) is 0 Å². The van der Waals surface area contributed by atoms with Gasteiger partial charge in [0.2, 0.25) is 0 Å². The van der Waals surface area contributed by atoms with Crippen LogP contribution in [0.15, 0.2) is 53.3 Å². The van der Waals surface area contributed by atoms with Gasteiger partial charge in [-0.05, 0) is 51.8 Å². The monoisotopic (exact) mass is 362 g/mol. The molecular weight excluding hydrogens is 340 g/mol. The highest BCUT2D eigenvalue weighted by Gasteiger charge is 2.15. The maximum atomic E-state index is 12.0. The topological polar surface area (TPSA) is 72.9 Å². The maximum Gasteiger partial charge on any atom is 0.267 e. The Morgan fingerprint density at radius 1 is 1.07 bits per heavy atom. The van der Waals surface area contributed by atoms with Crippen LogP contribution in [0.25, 0.3) is 17.1 Å². The van der Waals surface area contributed by atoms with Crippen LogP contribution >= 0.6 is 0 Å². The van der Waals surface area contributed by atoms with E-state index >= 15 is 0 Å². The largest absolute Gasteiger partial charge is 0.378 e. The first kappa shape index (κ1) is 18.6. The average molecular weight is 362 g/mol. The third-order valence-electron chi connectivity index (χ3n) is 3.78. The molecule has 0 saturated heterocycles. The second kappa shape index (κ2) is 7.22. The Hall–Kier alpha value is -3.17. The summed E-state index contributed by atoms with van der Waals surface area (Å²) in [5, 5.41) is 18.9. The van der Waals surface area contributed by atoms with Crippen molar-refractivity contribution >= 4 is 0 Å². The molecule has 0 saturated carbocycles. The van der Waals surface area contributed by atoms with Gasteiger partial charge in [0.1, 0.15) is 17.0 Å². The third-order valence-corrected chi connectivity index (χ3v) is 3.78. The van der Waals surface area contributed by atoms with Crippen LogP contribution in [0.5, 0.6) is 0 Å². The van der Waals surface area contributed by atoms with Crippen molar-refractivity contribution in [2.45, 2.75) is 39.3 Å². The zero-order valence-electron chi connectivity index (χ0n) is 15.8. The van der Waals surface area contributed by atoms with E-state index in [9.17, 15) is 9.90 Å². The molecule has 0 aliphatic carbocycles. The van der Waals surface area contributed by atoms with Gasteiger partial charge < -0.3 is 5.11 Å². The fourth-order valence-electron chi connectivity index (χ4n) is 2.54. The highest BCUT2D eigenvalue weighted by Crippen LogP contribution is 2.22. The van der Waals surface area contributed by atoms with E-state index in [-0.39, 0.29) is 11.6 Å². The van der Waals surface area contributed by atoms with E-state index in [0.717, 1.165) is 11.4 Å². The summed E-state index contributed by atoms with van der Waals surface area (Å²) in [6.45, 7) is 7.06. The molecule has 0 atom stereocenters. The van der Waals surface area contributed by atoms with E-state index in [1.807, 2.05) is 50.2 Å². The number of hydrogen-bond donors (Lipinski definition) is 1. The fourth-order valence-corrected chi connectivity index (χ4v) is 2.54. The van der Waals surface area contributed by atoms with Crippen LogP contribution in [-0.2, 0) is 0 Å². The van der Waals surface area contributed by atoms with Gasteiger partial charge in [-0.3, -0.25) is 4.79 Å². The van der Waals surface area contributed by atoms with Crippen LogP contribution in [0, 0.1) is 11.8 Å². The minimum atomic E-state index is -1.11. The first-order valence-electron chi connectivity index (χ1n) is 8.76. The molecule has 3 rings (SSSR count). The Morgan fingerprint density at radius 3 is 2.41 bits per heavy atom. The molecule has 27 heavy (non-hydrogen) atoms. The molecule has 6 nitrogen and oxygen atoms in total. The van der Waals surface area contributed by atoms with Crippen molar-refractivity contribution in [2.75, 3.05) is 0 Å². The van der Waals surface area contributed by atoms with Crippen molar-refractivity contribution in [1.29, 1.82) is 0 Å². The van der Waals surface area contributed by atoms with E-state index in [0.29, 0.717) is 11.4 Å². The molecule has 6 heteroatoms. The summed E-state index contributed by atoms with van der Waals surface area (Å²) in [7, 11) is 0. The first-order chi connectivity index (χ1) is 12.7. The van der Waals surface area contributed by atoms with Gasteiger partial charge in [0.05, 0.1) is 17.4 Å². The molecule has 0 radical (unpaired) electrons. The number of hydrogen-bond acceptors (Lipinski definition) is 4. The minimum Gasteiger partial charge on any atom is -0.378 e. The second-order valence-electron chi connectivity index (χ2n) is 7.07. The molecule has 0 aliphatic rings. The molecule has 0 fully saturated rings. The van der Waals surface area contributed by atoms with E-state index in [1.54, 1.807) is 24.6 Å². The lowest BCUT2D eigenvalue weighted by molar-refractivity contribution is 0.143. The van der Waals surface area contributed by atoms with E-state index in [1.165, 1.54) is 10.7 Å². The molecule has 138 valence electrons. The molecule has 0 bridgehead atoms. The fraction of sp³-hybridized carbons (Fsp3) is 0.286. The summed E-state index contributed by atoms with van der Waals surface area (Å²) in [6, 6.07) is 14.6. The summed E-state index contributed by atoms with van der Waals surface area (Å²) < 4.78 is 3.19. The Kier molecular flexibility index (Phi) is 4.98. The van der Waals surface area contributed by atoms with Gasteiger partial charge in [-0.15, -0.1) is 0 Å². The van der Waals surface area contributed by atoms with Crippen molar-refractivity contribution in [2.24, 2.45) is 0 Å². The predicted octanol–water partition coefficient (Wildman–Crippen LogP) is 2.80. The van der Waals surface area contributed by atoms with Gasteiger partial charge in [0.25, 0.3) is 5.56 Å².